The van der Waals surface area contributed by atoms with Crippen LogP contribution in [0, 0.1) is 0 Å². The average Bonchev–Trinajstić information content (AvgIpc) is 3.35. The maximum absolute atomic E-state index is 16.3. The van der Waals surface area contributed by atoms with E-state index in [1.807, 2.05) is 18.2 Å². The van der Waals surface area contributed by atoms with E-state index in [1.165, 1.54) is 24.7 Å². The first-order valence-electron chi connectivity index (χ1n) is 11.7. The van der Waals surface area contributed by atoms with Crippen molar-refractivity contribution < 1.29 is 28.2 Å². The molecule has 1 saturated heterocycles. The number of rotatable bonds is 9. The predicted octanol–water partition coefficient (Wildman–Crippen LogP) is 3.16. The number of esters is 2. The monoisotopic (exact) mass is 512 g/mol. The van der Waals surface area contributed by atoms with Crippen molar-refractivity contribution in [3.8, 4) is 0 Å². The van der Waals surface area contributed by atoms with Gasteiger partial charge in [-0.05, 0) is 19.4 Å². The highest BCUT2D eigenvalue weighted by Crippen LogP contribution is 2.44. The zero-order valence-corrected chi connectivity index (χ0v) is 21.0. The second-order valence-corrected chi connectivity index (χ2v) is 8.93. The van der Waals surface area contributed by atoms with Crippen LogP contribution in [-0.2, 0) is 30.2 Å². The van der Waals surface area contributed by atoms with Gasteiger partial charge in [0.2, 0.25) is 5.95 Å². The van der Waals surface area contributed by atoms with E-state index in [4.69, 9.17) is 14.2 Å². The van der Waals surface area contributed by atoms with E-state index in [0.717, 1.165) is 5.56 Å². The molecule has 1 aliphatic heterocycles. The Morgan fingerprint density at radius 3 is 2.62 bits per heavy atom. The smallest absolute Gasteiger partial charge is 0.310 e. The number of carbonyl (C=O) groups excluding carboxylic acids is 2. The second kappa shape index (κ2) is 10.5. The van der Waals surface area contributed by atoms with E-state index < -0.39 is 36.0 Å². The number of hydrogen-bond donors (Lipinski definition) is 2. The molecule has 0 spiro atoms. The van der Waals surface area contributed by atoms with Gasteiger partial charge in [0.15, 0.2) is 35.0 Å². The van der Waals surface area contributed by atoms with Crippen LogP contribution in [0.1, 0.15) is 32.6 Å². The Bertz CT molecular complexity index is 1310. The summed E-state index contributed by atoms with van der Waals surface area (Å²) in [4.78, 5) is 37.4. The molecular formula is C25H29FN6O5. The molecule has 12 heteroatoms. The molecule has 11 nitrogen and oxygen atoms in total. The van der Waals surface area contributed by atoms with Crippen LogP contribution in [0.3, 0.4) is 0 Å². The van der Waals surface area contributed by atoms with Crippen molar-refractivity contribution >= 4 is 34.9 Å². The number of alkyl halides is 1. The van der Waals surface area contributed by atoms with Gasteiger partial charge < -0.3 is 24.8 Å². The number of imidazole rings is 1. The third kappa shape index (κ3) is 5.53. The molecule has 3 aromatic rings. The maximum Gasteiger partial charge on any atom is 0.310 e. The molecule has 0 bridgehead atoms. The molecule has 1 aromatic carbocycles. The van der Waals surface area contributed by atoms with E-state index in [-0.39, 0.29) is 24.6 Å². The quantitative estimate of drug-likeness (QED) is 0.413. The first-order chi connectivity index (χ1) is 17.6. The van der Waals surface area contributed by atoms with Crippen LogP contribution in [0.4, 0.5) is 16.2 Å². The van der Waals surface area contributed by atoms with Gasteiger partial charge in [0.25, 0.3) is 0 Å². The molecular weight excluding hydrogens is 483 g/mol. The van der Waals surface area contributed by atoms with Gasteiger partial charge in [-0.3, -0.25) is 14.2 Å². The zero-order valence-electron chi connectivity index (χ0n) is 21.0. The van der Waals surface area contributed by atoms with Gasteiger partial charge in [-0.25, -0.2) is 9.37 Å². The molecule has 4 rings (SSSR count). The van der Waals surface area contributed by atoms with Crippen LogP contribution in [0.2, 0.25) is 0 Å². The van der Waals surface area contributed by atoms with Crippen molar-refractivity contribution in [3.63, 3.8) is 0 Å². The van der Waals surface area contributed by atoms with E-state index in [0.29, 0.717) is 17.0 Å². The van der Waals surface area contributed by atoms with E-state index in [2.05, 4.69) is 32.2 Å². The van der Waals surface area contributed by atoms with Crippen LogP contribution in [0.15, 0.2) is 48.9 Å². The fourth-order valence-corrected chi connectivity index (χ4v) is 4.21. The summed E-state index contributed by atoms with van der Waals surface area (Å²) in [5.41, 5.74) is -0.181. The third-order valence-corrected chi connectivity index (χ3v) is 5.81. The topological polar surface area (TPSA) is 129 Å². The van der Waals surface area contributed by atoms with Crippen LogP contribution in [0.25, 0.3) is 11.2 Å². The number of ether oxygens (including phenoxy) is 3. The molecule has 196 valence electrons. The van der Waals surface area contributed by atoms with Gasteiger partial charge in [-0.2, -0.15) is 9.97 Å². The van der Waals surface area contributed by atoms with Crippen LogP contribution in [-0.4, -0.2) is 63.0 Å². The van der Waals surface area contributed by atoms with Crippen molar-refractivity contribution in [2.24, 2.45) is 0 Å². The average molecular weight is 513 g/mol. The van der Waals surface area contributed by atoms with Crippen LogP contribution >= 0.6 is 0 Å². The summed E-state index contributed by atoms with van der Waals surface area (Å²) in [5, 5.41) is 5.88. The number of fused-ring (bicyclic) bond motifs is 1. The minimum absolute atomic E-state index is 0.0382. The van der Waals surface area contributed by atoms with Crippen LogP contribution < -0.4 is 10.6 Å². The number of allylic oxidation sites excluding steroid dienone is 1. The molecule has 1 fully saturated rings. The van der Waals surface area contributed by atoms with Crippen molar-refractivity contribution in [1.29, 1.82) is 0 Å². The SMILES string of the molecule is C=C(C)Nc1nc(NC)c2ncn([C@@H]3O[C@H](COC(=O)Cc4ccccc4)[C@@H](OC(C)=O)[C@@]3(C)F)c2n1. The number of halogens is 1. The minimum Gasteiger partial charge on any atom is -0.463 e. The number of hydrogen-bond acceptors (Lipinski definition) is 10. The van der Waals surface area contributed by atoms with E-state index >= 15 is 4.39 Å². The fraction of sp³-hybridized carbons (Fsp3) is 0.400. The lowest BCUT2D eigenvalue weighted by Gasteiger charge is -2.27. The number of benzene rings is 1. The number of aromatic nitrogens is 4. The Morgan fingerprint density at radius 2 is 1.97 bits per heavy atom. The van der Waals surface area contributed by atoms with Gasteiger partial charge in [0.1, 0.15) is 12.7 Å². The number of nitrogens with zero attached hydrogens (tertiary/aromatic N) is 4. The lowest BCUT2D eigenvalue weighted by molar-refractivity contribution is -0.159. The number of nitrogens with one attached hydrogen (secondary N) is 2. The second-order valence-electron chi connectivity index (χ2n) is 8.93. The van der Waals surface area contributed by atoms with E-state index in [1.54, 1.807) is 26.1 Å². The Hall–Kier alpha value is -4.06. The van der Waals surface area contributed by atoms with Crippen molar-refractivity contribution in [3.05, 3.63) is 54.5 Å². The Kier molecular flexibility index (Phi) is 7.39. The molecule has 3 heterocycles. The predicted molar refractivity (Wildman–Crippen MR) is 133 cm³/mol. The molecule has 37 heavy (non-hydrogen) atoms. The lowest BCUT2D eigenvalue weighted by atomic mass is 9.98. The highest BCUT2D eigenvalue weighted by molar-refractivity contribution is 5.84. The number of carbonyl (C=O) groups is 2. The first kappa shape index (κ1) is 26.0. The largest absolute Gasteiger partial charge is 0.463 e. The normalized spacial score (nSPS) is 23.0. The summed E-state index contributed by atoms with van der Waals surface area (Å²) in [7, 11) is 1.67. The Balaban J connectivity index is 1.62. The fourth-order valence-electron chi connectivity index (χ4n) is 4.21. The van der Waals surface area contributed by atoms with Crippen molar-refractivity contribution in [2.75, 3.05) is 24.3 Å². The standard InChI is InChI=1S/C25H29FN6O5/c1-14(2)29-24-30-21(27-5)19-22(31-24)32(13-28-19)23-25(4,26)20(36-15(3)33)17(37-23)12-35-18(34)11-16-9-7-6-8-10-16/h6-10,13,17,20,23H,1,11-12H2,2-5H3,(H2,27,29,30,31)/t17-,20-,23-,25-/m1/s1. The molecule has 1 aliphatic rings. The molecule has 2 aromatic heterocycles. The van der Waals surface area contributed by atoms with Crippen LogP contribution in [0.5, 0.6) is 0 Å². The molecule has 0 aliphatic carbocycles. The molecule has 0 amide bonds. The summed E-state index contributed by atoms with van der Waals surface area (Å²) in [6.45, 7) is 7.67. The third-order valence-electron chi connectivity index (χ3n) is 5.81. The lowest BCUT2D eigenvalue weighted by Crippen LogP contribution is -2.44. The zero-order chi connectivity index (χ0) is 26.7. The van der Waals surface area contributed by atoms with Crippen molar-refractivity contribution in [1.82, 2.24) is 19.5 Å². The summed E-state index contributed by atoms with van der Waals surface area (Å²) in [6.07, 6.45) is -2.30. The molecule has 0 radical (unpaired) electrons. The summed E-state index contributed by atoms with van der Waals surface area (Å²) in [5.74, 6) is -0.570. The molecule has 0 saturated carbocycles. The number of anilines is 2. The van der Waals surface area contributed by atoms with Gasteiger partial charge in [0.05, 0.1) is 12.7 Å². The Morgan fingerprint density at radius 1 is 1.24 bits per heavy atom. The highest BCUT2D eigenvalue weighted by atomic mass is 19.1. The minimum atomic E-state index is -2.22. The van der Waals surface area contributed by atoms with Crippen molar-refractivity contribution in [2.45, 2.75) is 51.3 Å². The van der Waals surface area contributed by atoms with Gasteiger partial charge in [-0.15, -0.1) is 0 Å². The summed E-state index contributed by atoms with van der Waals surface area (Å²) in [6, 6.07) is 9.07. The van der Waals surface area contributed by atoms with Gasteiger partial charge >= 0.3 is 11.9 Å². The van der Waals surface area contributed by atoms with E-state index in [9.17, 15) is 9.59 Å². The van der Waals surface area contributed by atoms with Gasteiger partial charge in [0, 0.05) is 19.7 Å². The molecule has 2 N–H and O–H groups in total. The first-order valence-corrected chi connectivity index (χ1v) is 11.7. The summed E-state index contributed by atoms with van der Waals surface area (Å²) < 4.78 is 34.4. The van der Waals surface area contributed by atoms with Gasteiger partial charge in [-0.1, -0.05) is 36.9 Å². The highest BCUT2D eigenvalue weighted by Gasteiger charge is 2.58. The Labute approximate surface area is 213 Å². The maximum atomic E-state index is 16.3. The molecule has 0 unspecified atom stereocenters. The molecule has 4 atom stereocenters. The summed E-state index contributed by atoms with van der Waals surface area (Å²) >= 11 is 0.